The van der Waals surface area contributed by atoms with Gasteiger partial charge in [-0.05, 0) is 12.5 Å². The summed E-state index contributed by atoms with van der Waals surface area (Å²) >= 11 is 6.09. The van der Waals surface area contributed by atoms with Crippen molar-refractivity contribution in [1.82, 2.24) is 15.1 Å². The zero-order chi connectivity index (χ0) is 12.3. The maximum atomic E-state index is 11.1. The Morgan fingerprint density at radius 1 is 1.59 bits per heavy atom. The van der Waals surface area contributed by atoms with Gasteiger partial charge in [0.25, 0.3) is 5.89 Å². The molecule has 1 N–H and O–H groups in total. The van der Waals surface area contributed by atoms with Crippen molar-refractivity contribution in [3.05, 3.63) is 34.5 Å². The summed E-state index contributed by atoms with van der Waals surface area (Å²) in [5.41, 5.74) is 0.381. The van der Waals surface area contributed by atoms with Gasteiger partial charge in [0.1, 0.15) is 0 Å². The molecular weight excluding hydrogens is 242 g/mol. The normalized spacial score (nSPS) is 12.6. The first kappa shape index (κ1) is 11.9. The third kappa shape index (κ3) is 2.74. The maximum Gasteiger partial charge on any atom is 0.258 e. The van der Waals surface area contributed by atoms with Crippen LogP contribution < -0.4 is 5.56 Å². The molecule has 0 saturated heterocycles. The lowest BCUT2D eigenvalue weighted by atomic mass is 10.2. The molecule has 0 aliphatic rings. The fourth-order valence-corrected chi connectivity index (χ4v) is 1.75. The van der Waals surface area contributed by atoms with Gasteiger partial charge in [-0.25, -0.2) is 0 Å². The largest absolute Gasteiger partial charge is 0.334 e. The third-order valence-electron chi connectivity index (χ3n) is 2.29. The van der Waals surface area contributed by atoms with E-state index in [2.05, 4.69) is 15.1 Å². The molecule has 5 nitrogen and oxygen atoms in total. The average molecular weight is 254 g/mol. The molecule has 0 aliphatic carbocycles. The van der Waals surface area contributed by atoms with Crippen LogP contribution in [0, 0.1) is 0 Å². The van der Waals surface area contributed by atoms with Crippen molar-refractivity contribution in [2.45, 2.75) is 25.1 Å². The van der Waals surface area contributed by atoms with Crippen LogP contribution in [-0.4, -0.2) is 15.1 Å². The Labute approximate surface area is 103 Å². The summed E-state index contributed by atoms with van der Waals surface area (Å²) < 4.78 is 5.07. The summed E-state index contributed by atoms with van der Waals surface area (Å²) in [6.45, 7) is 2.03. The van der Waals surface area contributed by atoms with E-state index in [-0.39, 0.29) is 10.9 Å². The first-order valence-corrected chi connectivity index (χ1v) is 5.81. The number of rotatable bonds is 4. The quantitative estimate of drug-likeness (QED) is 0.850. The fraction of sp³-hybridized carbons (Fsp3) is 0.364. The van der Waals surface area contributed by atoms with Crippen molar-refractivity contribution in [3.8, 4) is 11.5 Å². The minimum absolute atomic E-state index is 0.210. The molecule has 17 heavy (non-hydrogen) atoms. The van der Waals surface area contributed by atoms with E-state index in [1.807, 2.05) is 6.92 Å². The van der Waals surface area contributed by atoms with Crippen LogP contribution in [0.3, 0.4) is 0 Å². The van der Waals surface area contributed by atoms with E-state index in [1.54, 1.807) is 6.07 Å². The SMILES string of the molecule is CCCC(Cl)c1noc(-c2cc[nH]c(=O)c2)n1. The average Bonchev–Trinajstić information content (AvgIpc) is 2.78. The predicted octanol–water partition coefficient (Wildman–Crippen LogP) is 2.50. The van der Waals surface area contributed by atoms with Gasteiger partial charge >= 0.3 is 0 Å². The van der Waals surface area contributed by atoms with Crippen molar-refractivity contribution in [1.29, 1.82) is 0 Å². The van der Waals surface area contributed by atoms with Crippen molar-refractivity contribution in [2.24, 2.45) is 0 Å². The molecule has 2 rings (SSSR count). The molecule has 0 spiro atoms. The number of nitrogens with zero attached hydrogens (tertiary/aromatic N) is 2. The minimum Gasteiger partial charge on any atom is -0.334 e. The summed E-state index contributed by atoms with van der Waals surface area (Å²) in [5, 5.41) is 3.56. The molecule has 0 bridgehead atoms. The zero-order valence-corrected chi connectivity index (χ0v) is 10.1. The van der Waals surface area contributed by atoms with E-state index < -0.39 is 0 Å². The minimum atomic E-state index is -0.250. The third-order valence-corrected chi connectivity index (χ3v) is 2.70. The highest BCUT2D eigenvalue weighted by Gasteiger charge is 2.15. The van der Waals surface area contributed by atoms with Crippen LogP contribution in [0.4, 0.5) is 0 Å². The summed E-state index contributed by atoms with van der Waals surface area (Å²) in [6, 6.07) is 3.10. The number of hydrogen-bond acceptors (Lipinski definition) is 4. The Morgan fingerprint density at radius 2 is 2.41 bits per heavy atom. The predicted molar refractivity (Wildman–Crippen MR) is 63.9 cm³/mol. The number of aromatic nitrogens is 3. The van der Waals surface area contributed by atoms with E-state index in [4.69, 9.17) is 16.1 Å². The summed E-state index contributed by atoms with van der Waals surface area (Å²) in [6.07, 6.45) is 3.27. The van der Waals surface area contributed by atoms with Gasteiger partial charge in [-0.1, -0.05) is 18.5 Å². The molecule has 1 atom stereocenters. The Bertz CT molecular complexity index is 549. The smallest absolute Gasteiger partial charge is 0.258 e. The van der Waals surface area contributed by atoms with Crippen molar-refractivity contribution in [3.63, 3.8) is 0 Å². The van der Waals surface area contributed by atoms with Crippen LogP contribution in [0.5, 0.6) is 0 Å². The summed E-state index contributed by atoms with van der Waals surface area (Å²) in [7, 11) is 0. The summed E-state index contributed by atoms with van der Waals surface area (Å²) in [4.78, 5) is 17.8. The van der Waals surface area contributed by atoms with Crippen molar-refractivity contribution < 1.29 is 4.52 Å². The first-order chi connectivity index (χ1) is 8.20. The highest BCUT2D eigenvalue weighted by Crippen LogP contribution is 2.25. The van der Waals surface area contributed by atoms with Gasteiger partial charge in [-0.15, -0.1) is 11.6 Å². The maximum absolute atomic E-state index is 11.1. The van der Waals surface area contributed by atoms with Crippen molar-refractivity contribution >= 4 is 11.6 Å². The molecule has 0 fully saturated rings. The Hall–Kier alpha value is -1.62. The van der Waals surface area contributed by atoms with Gasteiger partial charge < -0.3 is 9.51 Å². The van der Waals surface area contributed by atoms with Gasteiger partial charge in [0, 0.05) is 17.8 Å². The van der Waals surface area contributed by atoms with Crippen molar-refractivity contribution in [2.75, 3.05) is 0 Å². The van der Waals surface area contributed by atoms with Gasteiger partial charge in [0.2, 0.25) is 5.56 Å². The van der Waals surface area contributed by atoms with E-state index >= 15 is 0 Å². The molecule has 6 heteroatoms. The van der Waals surface area contributed by atoms with Crippen LogP contribution >= 0.6 is 11.6 Å². The number of halogens is 1. The Morgan fingerprint density at radius 3 is 3.12 bits per heavy atom. The highest BCUT2D eigenvalue weighted by atomic mass is 35.5. The highest BCUT2D eigenvalue weighted by molar-refractivity contribution is 6.20. The Balaban J connectivity index is 2.26. The van der Waals surface area contributed by atoms with E-state index in [0.29, 0.717) is 17.3 Å². The first-order valence-electron chi connectivity index (χ1n) is 5.37. The van der Waals surface area contributed by atoms with Crippen LogP contribution in [0.1, 0.15) is 31.0 Å². The molecule has 2 aromatic heterocycles. The molecule has 2 aromatic rings. The molecule has 0 amide bonds. The number of aromatic amines is 1. The summed E-state index contributed by atoms with van der Waals surface area (Å²) in [5.74, 6) is 0.775. The lowest BCUT2D eigenvalue weighted by Gasteiger charge is -1.99. The van der Waals surface area contributed by atoms with E-state index in [1.165, 1.54) is 12.3 Å². The van der Waals surface area contributed by atoms with Gasteiger partial charge in [-0.3, -0.25) is 4.79 Å². The Kier molecular flexibility index (Phi) is 3.58. The second-order valence-electron chi connectivity index (χ2n) is 3.66. The molecule has 2 heterocycles. The van der Waals surface area contributed by atoms with E-state index in [0.717, 1.165) is 12.8 Å². The number of alkyl halides is 1. The standard InChI is InChI=1S/C11H12ClN3O2/c1-2-3-8(12)10-14-11(17-15-10)7-4-5-13-9(16)6-7/h4-6,8H,2-3H2,1H3,(H,13,16). The molecule has 0 radical (unpaired) electrons. The van der Waals surface area contributed by atoms with Crippen LogP contribution in [0.15, 0.2) is 27.6 Å². The second-order valence-corrected chi connectivity index (χ2v) is 4.18. The molecule has 0 aromatic carbocycles. The van der Waals surface area contributed by atoms with Crippen LogP contribution in [0.2, 0.25) is 0 Å². The topological polar surface area (TPSA) is 71.8 Å². The monoisotopic (exact) mass is 253 g/mol. The van der Waals surface area contributed by atoms with Gasteiger partial charge in [0.15, 0.2) is 5.82 Å². The lowest BCUT2D eigenvalue weighted by Crippen LogP contribution is -2.02. The van der Waals surface area contributed by atoms with Crippen LogP contribution in [0.25, 0.3) is 11.5 Å². The molecule has 0 saturated carbocycles. The lowest BCUT2D eigenvalue weighted by molar-refractivity contribution is 0.420. The van der Waals surface area contributed by atoms with Gasteiger partial charge in [-0.2, -0.15) is 4.98 Å². The fourth-order valence-electron chi connectivity index (χ4n) is 1.44. The molecule has 0 aliphatic heterocycles. The molecule has 90 valence electrons. The van der Waals surface area contributed by atoms with E-state index in [9.17, 15) is 4.79 Å². The van der Waals surface area contributed by atoms with Crippen LogP contribution in [-0.2, 0) is 0 Å². The number of hydrogen-bond donors (Lipinski definition) is 1. The number of nitrogens with one attached hydrogen (secondary N) is 1. The second kappa shape index (κ2) is 5.14. The molecule has 1 unspecified atom stereocenters. The molecular formula is C11H12ClN3O2. The van der Waals surface area contributed by atoms with Gasteiger partial charge in [0.05, 0.1) is 5.38 Å². The number of H-pyrrole nitrogens is 1. The number of pyridine rings is 1. The zero-order valence-electron chi connectivity index (χ0n) is 9.31.